The molecule has 0 bridgehead atoms. The molecule has 74 valence electrons. The Morgan fingerprint density at radius 2 is 2.23 bits per heavy atom. The molecular formula is C9H15BrN2S. The van der Waals surface area contributed by atoms with Crippen molar-refractivity contribution in [3.05, 3.63) is 14.5 Å². The van der Waals surface area contributed by atoms with Crippen molar-refractivity contribution in [3.8, 4) is 0 Å². The minimum atomic E-state index is 0.670. The first-order valence-corrected chi connectivity index (χ1v) is 6.08. The van der Waals surface area contributed by atoms with E-state index in [0.29, 0.717) is 12.5 Å². The maximum atomic E-state index is 5.50. The highest BCUT2D eigenvalue weighted by Crippen LogP contribution is 2.25. The monoisotopic (exact) mass is 262 g/mol. The van der Waals surface area contributed by atoms with Gasteiger partial charge in [-0.2, -0.15) is 0 Å². The SMILES string of the molecule is CC(C)Cc1nc(Br)c(CCN)s1. The van der Waals surface area contributed by atoms with Gasteiger partial charge in [-0.25, -0.2) is 4.98 Å². The van der Waals surface area contributed by atoms with Crippen LogP contribution in [-0.2, 0) is 12.8 Å². The summed E-state index contributed by atoms with van der Waals surface area (Å²) in [6.07, 6.45) is 1.99. The summed E-state index contributed by atoms with van der Waals surface area (Å²) in [5, 5.41) is 1.21. The van der Waals surface area contributed by atoms with Crippen LogP contribution in [0.5, 0.6) is 0 Å². The van der Waals surface area contributed by atoms with Crippen LogP contribution in [0.3, 0.4) is 0 Å². The third-order valence-electron chi connectivity index (χ3n) is 1.65. The number of aromatic nitrogens is 1. The second kappa shape index (κ2) is 5.08. The predicted octanol–water partition coefficient (Wildman–Crippen LogP) is 2.61. The summed E-state index contributed by atoms with van der Waals surface area (Å²) in [7, 11) is 0. The summed E-state index contributed by atoms with van der Waals surface area (Å²) in [6.45, 7) is 5.11. The second-order valence-corrected chi connectivity index (χ2v) is 5.38. The summed E-state index contributed by atoms with van der Waals surface area (Å²) in [6, 6.07) is 0. The van der Waals surface area contributed by atoms with E-state index in [1.807, 2.05) is 0 Å². The van der Waals surface area contributed by atoms with Crippen molar-refractivity contribution in [2.24, 2.45) is 11.7 Å². The van der Waals surface area contributed by atoms with E-state index >= 15 is 0 Å². The van der Waals surface area contributed by atoms with E-state index in [1.54, 1.807) is 11.3 Å². The van der Waals surface area contributed by atoms with Gasteiger partial charge in [0.2, 0.25) is 0 Å². The van der Waals surface area contributed by atoms with Crippen LogP contribution in [0.2, 0.25) is 0 Å². The van der Waals surface area contributed by atoms with Crippen molar-refractivity contribution in [1.29, 1.82) is 0 Å². The lowest BCUT2D eigenvalue weighted by Gasteiger charge is -1.97. The van der Waals surface area contributed by atoms with E-state index in [1.165, 1.54) is 9.88 Å². The molecule has 0 aliphatic rings. The molecular weight excluding hydrogens is 248 g/mol. The quantitative estimate of drug-likeness (QED) is 0.906. The maximum absolute atomic E-state index is 5.50. The fourth-order valence-corrected chi connectivity index (χ4v) is 3.06. The highest BCUT2D eigenvalue weighted by atomic mass is 79.9. The van der Waals surface area contributed by atoms with E-state index in [4.69, 9.17) is 5.73 Å². The van der Waals surface area contributed by atoms with Crippen LogP contribution in [0.15, 0.2) is 4.60 Å². The van der Waals surface area contributed by atoms with Gasteiger partial charge in [-0.05, 0) is 34.8 Å². The highest BCUT2D eigenvalue weighted by Gasteiger charge is 2.08. The fourth-order valence-electron chi connectivity index (χ4n) is 1.10. The van der Waals surface area contributed by atoms with Crippen LogP contribution < -0.4 is 5.73 Å². The van der Waals surface area contributed by atoms with Crippen molar-refractivity contribution < 1.29 is 0 Å². The molecule has 1 aromatic rings. The summed E-state index contributed by atoms with van der Waals surface area (Å²) in [5.41, 5.74) is 5.50. The van der Waals surface area contributed by atoms with Crippen LogP contribution in [0, 0.1) is 5.92 Å². The average molecular weight is 263 g/mol. The molecule has 2 N–H and O–H groups in total. The molecule has 0 saturated heterocycles. The molecule has 0 atom stereocenters. The molecule has 4 heteroatoms. The Hall–Kier alpha value is 0.0700. The molecule has 13 heavy (non-hydrogen) atoms. The van der Waals surface area contributed by atoms with Gasteiger partial charge in [-0.15, -0.1) is 11.3 Å². The van der Waals surface area contributed by atoms with E-state index in [-0.39, 0.29) is 0 Å². The van der Waals surface area contributed by atoms with E-state index in [0.717, 1.165) is 17.4 Å². The van der Waals surface area contributed by atoms with Crippen LogP contribution in [0.1, 0.15) is 23.7 Å². The van der Waals surface area contributed by atoms with Gasteiger partial charge in [0.1, 0.15) is 4.60 Å². The summed E-state index contributed by atoms with van der Waals surface area (Å²) >= 11 is 5.23. The van der Waals surface area contributed by atoms with Gasteiger partial charge in [0.05, 0.1) is 5.01 Å². The van der Waals surface area contributed by atoms with E-state index in [2.05, 4.69) is 34.8 Å². The molecule has 1 heterocycles. The molecule has 0 radical (unpaired) electrons. The lowest BCUT2D eigenvalue weighted by atomic mass is 10.1. The zero-order chi connectivity index (χ0) is 9.84. The maximum Gasteiger partial charge on any atom is 0.120 e. The van der Waals surface area contributed by atoms with Gasteiger partial charge < -0.3 is 5.73 Å². The molecule has 0 spiro atoms. The Bertz CT molecular complexity index is 271. The normalized spacial score (nSPS) is 11.2. The second-order valence-electron chi connectivity index (χ2n) is 3.46. The van der Waals surface area contributed by atoms with Crippen molar-refractivity contribution in [1.82, 2.24) is 4.98 Å². The van der Waals surface area contributed by atoms with Gasteiger partial charge in [-0.1, -0.05) is 13.8 Å². The molecule has 1 rings (SSSR count). The number of hydrogen-bond donors (Lipinski definition) is 1. The third-order valence-corrected chi connectivity index (χ3v) is 3.70. The van der Waals surface area contributed by atoms with Crippen LogP contribution in [-0.4, -0.2) is 11.5 Å². The topological polar surface area (TPSA) is 38.9 Å². The van der Waals surface area contributed by atoms with E-state index in [9.17, 15) is 0 Å². The van der Waals surface area contributed by atoms with Crippen LogP contribution in [0.4, 0.5) is 0 Å². The number of nitrogens with two attached hydrogens (primary N) is 1. The number of hydrogen-bond acceptors (Lipinski definition) is 3. The van der Waals surface area contributed by atoms with Gasteiger partial charge in [-0.3, -0.25) is 0 Å². The Morgan fingerprint density at radius 1 is 1.54 bits per heavy atom. The molecule has 0 saturated carbocycles. The van der Waals surface area contributed by atoms with Gasteiger partial charge >= 0.3 is 0 Å². The van der Waals surface area contributed by atoms with Gasteiger partial charge in [0.25, 0.3) is 0 Å². The van der Waals surface area contributed by atoms with Crippen molar-refractivity contribution in [2.75, 3.05) is 6.54 Å². The van der Waals surface area contributed by atoms with Crippen molar-refractivity contribution >= 4 is 27.3 Å². The first-order valence-electron chi connectivity index (χ1n) is 4.47. The Kier molecular flexibility index (Phi) is 4.35. The van der Waals surface area contributed by atoms with Crippen LogP contribution >= 0.6 is 27.3 Å². The minimum absolute atomic E-state index is 0.670. The number of halogens is 1. The zero-order valence-electron chi connectivity index (χ0n) is 8.01. The highest BCUT2D eigenvalue weighted by molar-refractivity contribution is 9.10. The number of nitrogens with zero attached hydrogens (tertiary/aromatic N) is 1. The fraction of sp³-hybridized carbons (Fsp3) is 0.667. The Balaban J connectivity index is 2.70. The minimum Gasteiger partial charge on any atom is -0.330 e. The number of thiazole rings is 1. The molecule has 0 aliphatic heterocycles. The van der Waals surface area contributed by atoms with Gasteiger partial charge in [0.15, 0.2) is 0 Å². The summed E-state index contributed by atoms with van der Waals surface area (Å²) in [5.74, 6) is 0.670. The molecule has 2 nitrogen and oxygen atoms in total. The first-order chi connectivity index (χ1) is 6.13. The molecule has 0 aromatic carbocycles. The third kappa shape index (κ3) is 3.37. The summed E-state index contributed by atoms with van der Waals surface area (Å²) in [4.78, 5) is 5.73. The standard InChI is InChI=1S/C9H15BrN2S/c1-6(2)5-8-12-9(10)7(13-8)3-4-11/h6H,3-5,11H2,1-2H3. The largest absolute Gasteiger partial charge is 0.330 e. The van der Waals surface area contributed by atoms with Crippen molar-refractivity contribution in [3.63, 3.8) is 0 Å². The smallest absolute Gasteiger partial charge is 0.120 e. The lowest BCUT2D eigenvalue weighted by Crippen LogP contribution is -2.01. The van der Waals surface area contributed by atoms with Gasteiger partial charge in [0, 0.05) is 11.3 Å². The summed E-state index contributed by atoms with van der Waals surface area (Å²) < 4.78 is 0.985. The predicted molar refractivity (Wildman–Crippen MR) is 61.1 cm³/mol. The lowest BCUT2D eigenvalue weighted by molar-refractivity contribution is 0.644. The van der Waals surface area contributed by atoms with Crippen molar-refractivity contribution in [2.45, 2.75) is 26.7 Å². The van der Waals surface area contributed by atoms with E-state index < -0.39 is 0 Å². The molecule has 0 amide bonds. The average Bonchev–Trinajstić information content (AvgIpc) is 2.31. The molecule has 0 unspecified atom stereocenters. The zero-order valence-corrected chi connectivity index (χ0v) is 10.4. The number of rotatable bonds is 4. The molecule has 0 aliphatic carbocycles. The Morgan fingerprint density at radius 3 is 2.77 bits per heavy atom. The Labute approximate surface area is 91.7 Å². The first kappa shape index (κ1) is 11.1. The molecule has 0 fully saturated rings. The van der Waals surface area contributed by atoms with Crippen LogP contribution in [0.25, 0.3) is 0 Å². The molecule has 1 aromatic heterocycles.